The zero-order valence-corrected chi connectivity index (χ0v) is 14.7. The molecule has 1 aliphatic rings. The number of anilines is 1. The predicted molar refractivity (Wildman–Crippen MR) is 98.2 cm³/mol. The lowest BCUT2D eigenvalue weighted by atomic mass is 10.1. The fraction of sp³-hybridized carbons (Fsp3) is 0.333. The zero-order chi connectivity index (χ0) is 17.1. The van der Waals surface area contributed by atoms with Crippen LogP contribution in [0.25, 0.3) is 0 Å². The first-order valence-electron chi connectivity index (χ1n) is 7.92. The normalized spacial score (nSPS) is 17.0. The summed E-state index contributed by atoms with van der Waals surface area (Å²) in [5.41, 5.74) is 1.77. The molecule has 1 heterocycles. The largest absolute Gasteiger partial charge is 0.508 e. The third kappa shape index (κ3) is 4.14. The zero-order valence-electron chi connectivity index (χ0n) is 13.2. The Morgan fingerprint density at radius 3 is 2.29 bits per heavy atom. The predicted octanol–water partition coefficient (Wildman–Crippen LogP) is 3.55. The van der Waals surface area contributed by atoms with Gasteiger partial charge in [0.1, 0.15) is 5.75 Å². The van der Waals surface area contributed by atoms with Crippen LogP contribution in [-0.4, -0.2) is 47.8 Å². The van der Waals surface area contributed by atoms with Crippen molar-refractivity contribution in [2.75, 3.05) is 37.6 Å². The Hall–Kier alpha value is -1.46. The van der Waals surface area contributed by atoms with Gasteiger partial charge in [0.2, 0.25) is 0 Å². The molecule has 0 amide bonds. The number of phenols is 1. The number of benzene rings is 2. The molecule has 2 N–H and O–H groups in total. The molecule has 1 atom stereocenters. The highest BCUT2D eigenvalue weighted by Gasteiger charge is 2.21. The Balaban J connectivity index is 1.57. The number of phenolic OH excluding ortho intramolecular Hbond substituents is 1. The molecule has 128 valence electrons. The molecule has 1 fully saturated rings. The molecule has 3 rings (SSSR count). The summed E-state index contributed by atoms with van der Waals surface area (Å²) in [4.78, 5) is 4.49. The van der Waals surface area contributed by atoms with Crippen molar-refractivity contribution in [2.24, 2.45) is 0 Å². The van der Waals surface area contributed by atoms with Gasteiger partial charge in [0, 0.05) is 54.0 Å². The second kappa shape index (κ2) is 7.62. The van der Waals surface area contributed by atoms with Crippen molar-refractivity contribution in [1.29, 1.82) is 0 Å². The molecule has 0 radical (unpaired) electrons. The molecular formula is C18H20Cl2N2O2. The first-order chi connectivity index (χ1) is 11.5. The van der Waals surface area contributed by atoms with E-state index in [2.05, 4.69) is 9.80 Å². The van der Waals surface area contributed by atoms with Crippen molar-refractivity contribution < 1.29 is 10.2 Å². The number of β-amino-alcohol motifs (C(OH)–C–C–N with tert-alkyl or cyclic N) is 1. The number of rotatable bonds is 4. The molecule has 0 aliphatic carbocycles. The summed E-state index contributed by atoms with van der Waals surface area (Å²) < 4.78 is 0. The first-order valence-corrected chi connectivity index (χ1v) is 8.68. The van der Waals surface area contributed by atoms with Crippen LogP contribution in [0.3, 0.4) is 0 Å². The van der Waals surface area contributed by atoms with Crippen molar-refractivity contribution in [3.05, 3.63) is 58.1 Å². The van der Waals surface area contributed by atoms with Crippen LogP contribution >= 0.6 is 23.2 Å². The van der Waals surface area contributed by atoms with Gasteiger partial charge in [0.15, 0.2) is 0 Å². The lowest BCUT2D eigenvalue weighted by Gasteiger charge is -2.37. The molecule has 2 aromatic carbocycles. The van der Waals surface area contributed by atoms with Crippen LogP contribution in [0.5, 0.6) is 5.75 Å². The van der Waals surface area contributed by atoms with E-state index in [1.165, 1.54) is 0 Å². The van der Waals surface area contributed by atoms with Gasteiger partial charge in [-0.15, -0.1) is 0 Å². The highest BCUT2D eigenvalue weighted by atomic mass is 35.5. The van der Waals surface area contributed by atoms with Crippen LogP contribution in [-0.2, 0) is 0 Å². The van der Waals surface area contributed by atoms with E-state index in [0.717, 1.165) is 31.9 Å². The van der Waals surface area contributed by atoms with Gasteiger partial charge in [-0.3, -0.25) is 4.90 Å². The topological polar surface area (TPSA) is 46.9 Å². The van der Waals surface area contributed by atoms with Crippen LogP contribution in [0.1, 0.15) is 11.7 Å². The number of aliphatic hydroxyl groups excluding tert-OH is 1. The maximum absolute atomic E-state index is 10.5. The number of hydrogen-bond acceptors (Lipinski definition) is 4. The Morgan fingerprint density at radius 2 is 1.62 bits per heavy atom. The molecule has 6 heteroatoms. The lowest BCUT2D eigenvalue weighted by Crippen LogP contribution is -2.47. The quantitative estimate of drug-likeness (QED) is 0.868. The summed E-state index contributed by atoms with van der Waals surface area (Å²) in [5.74, 6) is 0.277. The maximum Gasteiger partial charge on any atom is 0.115 e. The van der Waals surface area contributed by atoms with Crippen molar-refractivity contribution in [3.8, 4) is 5.75 Å². The SMILES string of the molecule is Oc1ccc(N2CCN(CC(O)c3cc(Cl)ccc3Cl)CC2)cc1. The standard InChI is InChI=1S/C18H20Cl2N2O2/c19-13-1-6-17(20)16(11-13)18(24)12-21-7-9-22(10-8-21)14-2-4-15(23)5-3-14/h1-6,11,18,23-24H,7-10,12H2. The minimum absolute atomic E-state index is 0.277. The van der Waals surface area contributed by atoms with Gasteiger partial charge in [0.05, 0.1) is 6.10 Å². The van der Waals surface area contributed by atoms with Crippen LogP contribution in [0, 0.1) is 0 Å². The van der Waals surface area contributed by atoms with Gasteiger partial charge >= 0.3 is 0 Å². The Labute approximate surface area is 151 Å². The summed E-state index contributed by atoms with van der Waals surface area (Å²) in [6.07, 6.45) is -0.656. The fourth-order valence-corrected chi connectivity index (χ4v) is 3.39. The monoisotopic (exact) mass is 366 g/mol. The van der Waals surface area contributed by atoms with Crippen molar-refractivity contribution >= 4 is 28.9 Å². The number of piperazine rings is 1. The molecule has 1 aliphatic heterocycles. The highest BCUT2D eigenvalue weighted by molar-refractivity contribution is 6.33. The van der Waals surface area contributed by atoms with Gasteiger partial charge < -0.3 is 15.1 Å². The fourth-order valence-electron chi connectivity index (χ4n) is 2.96. The summed E-state index contributed by atoms with van der Waals surface area (Å²) in [7, 11) is 0. The third-order valence-corrected chi connectivity index (χ3v) is 4.91. The second-order valence-electron chi connectivity index (χ2n) is 5.99. The van der Waals surface area contributed by atoms with E-state index in [9.17, 15) is 10.2 Å². The summed E-state index contributed by atoms with van der Waals surface area (Å²) in [6, 6.07) is 12.4. The lowest BCUT2D eigenvalue weighted by molar-refractivity contribution is 0.109. The Bertz CT molecular complexity index is 686. The maximum atomic E-state index is 10.5. The van der Waals surface area contributed by atoms with E-state index < -0.39 is 6.10 Å². The molecule has 4 nitrogen and oxygen atoms in total. The van der Waals surface area contributed by atoms with E-state index in [-0.39, 0.29) is 5.75 Å². The minimum Gasteiger partial charge on any atom is -0.508 e. The van der Waals surface area contributed by atoms with Crippen molar-refractivity contribution in [1.82, 2.24) is 4.90 Å². The van der Waals surface area contributed by atoms with Crippen molar-refractivity contribution in [3.63, 3.8) is 0 Å². The van der Waals surface area contributed by atoms with E-state index in [0.29, 0.717) is 22.2 Å². The first kappa shape index (κ1) is 17.4. The third-order valence-electron chi connectivity index (χ3n) is 4.34. The number of aromatic hydroxyl groups is 1. The molecule has 1 unspecified atom stereocenters. The molecular weight excluding hydrogens is 347 g/mol. The molecule has 0 bridgehead atoms. The van der Waals surface area contributed by atoms with E-state index in [4.69, 9.17) is 23.2 Å². The molecule has 1 saturated heterocycles. The van der Waals surface area contributed by atoms with Crippen LogP contribution in [0.2, 0.25) is 10.0 Å². The van der Waals surface area contributed by atoms with E-state index >= 15 is 0 Å². The van der Waals surface area contributed by atoms with Gasteiger partial charge in [-0.2, -0.15) is 0 Å². The van der Waals surface area contributed by atoms with Crippen LogP contribution in [0.4, 0.5) is 5.69 Å². The number of halogens is 2. The molecule has 2 aromatic rings. The molecule has 24 heavy (non-hydrogen) atoms. The van der Waals surface area contributed by atoms with Crippen molar-refractivity contribution in [2.45, 2.75) is 6.10 Å². The van der Waals surface area contributed by atoms with Crippen LogP contribution in [0.15, 0.2) is 42.5 Å². The molecule has 0 spiro atoms. The number of aliphatic hydroxyl groups is 1. The summed E-state index contributed by atoms with van der Waals surface area (Å²) >= 11 is 12.2. The molecule has 0 aromatic heterocycles. The Morgan fingerprint density at radius 1 is 0.958 bits per heavy atom. The van der Waals surface area contributed by atoms with E-state index in [1.807, 2.05) is 12.1 Å². The average Bonchev–Trinajstić information content (AvgIpc) is 2.58. The van der Waals surface area contributed by atoms with E-state index in [1.54, 1.807) is 30.3 Å². The van der Waals surface area contributed by atoms with Gasteiger partial charge in [0.25, 0.3) is 0 Å². The average molecular weight is 367 g/mol. The minimum atomic E-state index is -0.656. The van der Waals surface area contributed by atoms with Gasteiger partial charge in [-0.1, -0.05) is 23.2 Å². The van der Waals surface area contributed by atoms with Crippen LogP contribution < -0.4 is 4.90 Å². The van der Waals surface area contributed by atoms with Gasteiger partial charge in [-0.05, 0) is 42.5 Å². The Kier molecular flexibility index (Phi) is 5.51. The number of hydrogen-bond donors (Lipinski definition) is 2. The highest BCUT2D eigenvalue weighted by Crippen LogP contribution is 2.27. The van der Waals surface area contributed by atoms with Gasteiger partial charge in [-0.25, -0.2) is 0 Å². The molecule has 0 saturated carbocycles. The summed E-state index contributed by atoms with van der Waals surface area (Å²) in [5, 5.41) is 20.9. The smallest absolute Gasteiger partial charge is 0.115 e. The second-order valence-corrected chi connectivity index (χ2v) is 6.83. The summed E-state index contributed by atoms with van der Waals surface area (Å²) in [6.45, 7) is 4.00. The number of nitrogens with zero attached hydrogens (tertiary/aromatic N) is 2.